The molecule has 5 nitrogen and oxygen atoms in total. The monoisotopic (exact) mass is 317 g/mol. The van der Waals surface area contributed by atoms with Crippen LogP contribution < -0.4 is 5.32 Å². The van der Waals surface area contributed by atoms with Gasteiger partial charge in [-0.3, -0.25) is 0 Å². The molecule has 1 N–H and O–H groups in total. The summed E-state index contributed by atoms with van der Waals surface area (Å²) >= 11 is 0. The first-order chi connectivity index (χ1) is 9.71. The van der Waals surface area contributed by atoms with Crippen LogP contribution in [0.1, 0.15) is 47.0 Å². The lowest BCUT2D eigenvalue weighted by Gasteiger charge is -2.35. The van der Waals surface area contributed by atoms with Gasteiger partial charge in [-0.25, -0.2) is 0 Å². The fraction of sp³-hybridized carbons (Fsp3) is 1.00. The van der Waals surface area contributed by atoms with Crippen LogP contribution in [0.4, 0.5) is 0 Å². The van der Waals surface area contributed by atoms with Crippen molar-refractivity contribution in [2.75, 3.05) is 32.7 Å². The summed E-state index contributed by atoms with van der Waals surface area (Å²) in [5, 5.41) is 3.43. The maximum atomic E-state index is 12.8. The van der Waals surface area contributed by atoms with Crippen molar-refractivity contribution in [3.8, 4) is 0 Å². The van der Waals surface area contributed by atoms with E-state index in [9.17, 15) is 8.42 Å². The van der Waals surface area contributed by atoms with Crippen LogP contribution in [0, 0.1) is 11.3 Å². The van der Waals surface area contributed by atoms with Crippen LogP contribution in [0.25, 0.3) is 0 Å². The van der Waals surface area contributed by atoms with E-state index in [-0.39, 0.29) is 5.41 Å². The molecule has 2 aliphatic rings. The molecule has 2 aliphatic heterocycles. The first-order valence-electron chi connectivity index (χ1n) is 8.19. The third-order valence-corrected chi connectivity index (χ3v) is 6.54. The number of nitrogens with one attached hydrogen (secondary N) is 1. The molecule has 0 radical (unpaired) electrons. The molecule has 21 heavy (non-hydrogen) atoms. The molecule has 0 amide bonds. The minimum Gasteiger partial charge on any atom is -0.314 e. The van der Waals surface area contributed by atoms with Crippen molar-refractivity contribution in [1.29, 1.82) is 0 Å². The van der Waals surface area contributed by atoms with Crippen LogP contribution in [0.15, 0.2) is 0 Å². The van der Waals surface area contributed by atoms with Gasteiger partial charge in [0.05, 0.1) is 0 Å². The van der Waals surface area contributed by atoms with E-state index in [1.165, 1.54) is 0 Å². The van der Waals surface area contributed by atoms with Crippen molar-refractivity contribution in [2.45, 2.75) is 53.0 Å². The molecule has 0 bridgehead atoms. The summed E-state index contributed by atoms with van der Waals surface area (Å²) in [6.07, 6.45) is 3.05. The van der Waals surface area contributed by atoms with Crippen molar-refractivity contribution in [3.63, 3.8) is 0 Å². The molecule has 0 aromatic rings. The highest BCUT2D eigenvalue weighted by atomic mass is 32.2. The molecule has 0 aliphatic carbocycles. The maximum absolute atomic E-state index is 12.8. The van der Waals surface area contributed by atoms with E-state index < -0.39 is 10.2 Å². The van der Waals surface area contributed by atoms with Crippen LogP contribution in [-0.4, -0.2) is 55.8 Å². The smallest absolute Gasteiger partial charge is 0.282 e. The Morgan fingerprint density at radius 2 is 1.95 bits per heavy atom. The molecule has 2 rings (SSSR count). The molecule has 0 spiro atoms. The molecule has 6 heteroatoms. The molecule has 2 fully saturated rings. The van der Waals surface area contributed by atoms with E-state index in [2.05, 4.69) is 33.0 Å². The van der Waals surface area contributed by atoms with E-state index in [0.717, 1.165) is 25.8 Å². The number of nitrogens with zero attached hydrogens (tertiary/aromatic N) is 2. The molecule has 1 unspecified atom stereocenters. The predicted octanol–water partition coefficient (Wildman–Crippen LogP) is 1.67. The molecule has 2 saturated heterocycles. The third kappa shape index (κ3) is 4.41. The molecule has 0 aromatic heterocycles. The van der Waals surface area contributed by atoms with Crippen molar-refractivity contribution in [2.24, 2.45) is 11.3 Å². The van der Waals surface area contributed by atoms with Gasteiger partial charge in [-0.05, 0) is 37.1 Å². The van der Waals surface area contributed by atoms with E-state index in [1.54, 1.807) is 8.61 Å². The van der Waals surface area contributed by atoms with Gasteiger partial charge in [0.15, 0.2) is 0 Å². The summed E-state index contributed by atoms with van der Waals surface area (Å²) in [4.78, 5) is 0. The SMILES string of the molecule is CC(C)NCC1CCCN(S(=O)(=O)N2CCC(C)(C)C2)C1. The Bertz CT molecular complexity index is 448. The lowest BCUT2D eigenvalue weighted by Crippen LogP contribution is -2.49. The zero-order chi connectivity index (χ0) is 15.7. The topological polar surface area (TPSA) is 52.7 Å². The number of hydrogen-bond donors (Lipinski definition) is 1. The summed E-state index contributed by atoms with van der Waals surface area (Å²) < 4.78 is 29.0. The van der Waals surface area contributed by atoms with Crippen LogP contribution in [-0.2, 0) is 10.2 Å². The van der Waals surface area contributed by atoms with E-state index in [1.807, 2.05) is 0 Å². The van der Waals surface area contributed by atoms with Crippen LogP contribution >= 0.6 is 0 Å². The highest BCUT2D eigenvalue weighted by Gasteiger charge is 2.40. The summed E-state index contributed by atoms with van der Waals surface area (Å²) in [6.45, 7) is 12.1. The summed E-state index contributed by atoms with van der Waals surface area (Å²) in [6, 6.07) is 0.455. The zero-order valence-electron chi connectivity index (χ0n) is 13.9. The Balaban J connectivity index is 1.96. The predicted molar refractivity (Wildman–Crippen MR) is 86.3 cm³/mol. The van der Waals surface area contributed by atoms with Crippen molar-refractivity contribution < 1.29 is 8.42 Å². The average Bonchev–Trinajstić information content (AvgIpc) is 2.78. The van der Waals surface area contributed by atoms with Gasteiger partial charge in [0, 0.05) is 32.2 Å². The van der Waals surface area contributed by atoms with Gasteiger partial charge in [-0.15, -0.1) is 0 Å². The lowest BCUT2D eigenvalue weighted by atomic mass is 9.93. The van der Waals surface area contributed by atoms with Crippen molar-refractivity contribution >= 4 is 10.2 Å². The summed E-state index contributed by atoms with van der Waals surface area (Å²) in [5.74, 6) is 0.437. The van der Waals surface area contributed by atoms with E-state index in [4.69, 9.17) is 0 Å². The molecule has 124 valence electrons. The Kier molecular flexibility index (Phi) is 5.34. The summed E-state index contributed by atoms with van der Waals surface area (Å²) in [5.41, 5.74) is 0.113. The summed E-state index contributed by atoms with van der Waals surface area (Å²) in [7, 11) is -3.27. The van der Waals surface area contributed by atoms with Gasteiger partial charge in [0.1, 0.15) is 0 Å². The first kappa shape index (κ1) is 17.2. The lowest BCUT2D eigenvalue weighted by molar-refractivity contribution is 0.241. The fourth-order valence-corrected chi connectivity index (χ4v) is 5.15. The normalized spacial score (nSPS) is 28.3. The van der Waals surface area contributed by atoms with Gasteiger partial charge in [-0.1, -0.05) is 27.7 Å². The van der Waals surface area contributed by atoms with Crippen LogP contribution in [0.2, 0.25) is 0 Å². The minimum absolute atomic E-state index is 0.113. The van der Waals surface area contributed by atoms with Gasteiger partial charge < -0.3 is 5.32 Å². The second-order valence-electron chi connectivity index (χ2n) is 7.68. The Morgan fingerprint density at radius 3 is 2.52 bits per heavy atom. The second kappa shape index (κ2) is 6.52. The van der Waals surface area contributed by atoms with Gasteiger partial charge >= 0.3 is 0 Å². The molecule has 1 atom stereocenters. The number of piperidine rings is 1. The Hall–Kier alpha value is -0.170. The van der Waals surface area contributed by atoms with Gasteiger partial charge in [0.25, 0.3) is 10.2 Å². The maximum Gasteiger partial charge on any atom is 0.282 e. The first-order valence-corrected chi connectivity index (χ1v) is 9.59. The van der Waals surface area contributed by atoms with Gasteiger partial charge in [-0.2, -0.15) is 17.0 Å². The Labute approximate surface area is 130 Å². The highest BCUT2D eigenvalue weighted by Crippen LogP contribution is 2.32. The zero-order valence-corrected chi connectivity index (χ0v) is 14.7. The van der Waals surface area contributed by atoms with E-state index >= 15 is 0 Å². The molecular formula is C15H31N3O2S. The van der Waals surface area contributed by atoms with Crippen LogP contribution in [0.5, 0.6) is 0 Å². The number of hydrogen-bond acceptors (Lipinski definition) is 3. The molecule has 0 aromatic carbocycles. The molecule has 2 heterocycles. The molecule has 0 saturated carbocycles. The van der Waals surface area contributed by atoms with Crippen molar-refractivity contribution in [1.82, 2.24) is 13.9 Å². The number of rotatable bonds is 5. The van der Waals surface area contributed by atoms with Gasteiger partial charge in [0.2, 0.25) is 0 Å². The average molecular weight is 317 g/mol. The van der Waals surface area contributed by atoms with E-state index in [0.29, 0.717) is 38.1 Å². The van der Waals surface area contributed by atoms with Crippen molar-refractivity contribution in [3.05, 3.63) is 0 Å². The Morgan fingerprint density at radius 1 is 1.24 bits per heavy atom. The fourth-order valence-electron chi connectivity index (χ4n) is 3.23. The largest absolute Gasteiger partial charge is 0.314 e. The third-order valence-electron chi connectivity index (χ3n) is 4.59. The van der Waals surface area contributed by atoms with Crippen LogP contribution in [0.3, 0.4) is 0 Å². The molecular weight excluding hydrogens is 286 g/mol. The second-order valence-corrected chi connectivity index (χ2v) is 9.61. The minimum atomic E-state index is -3.27. The highest BCUT2D eigenvalue weighted by molar-refractivity contribution is 7.86. The quantitative estimate of drug-likeness (QED) is 0.839. The standard InChI is InChI=1S/C15H31N3O2S/c1-13(2)16-10-14-6-5-8-17(11-14)21(19,20)18-9-7-15(3,4)12-18/h13-14,16H,5-12H2,1-4H3.